The van der Waals surface area contributed by atoms with Gasteiger partial charge in [-0.2, -0.15) is 0 Å². The van der Waals surface area contributed by atoms with Crippen LogP contribution in [0.3, 0.4) is 0 Å². The van der Waals surface area contributed by atoms with Gasteiger partial charge in [-0.15, -0.1) is 0 Å². The third-order valence-electron chi connectivity index (χ3n) is 2.99. The number of hydrogen-bond donors (Lipinski definition) is 2. The van der Waals surface area contributed by atoms with E-state index in [2.05, 4.69) is 0 Å². The second-order valence-electron chi connectivity index (χ2n) is 5.10. The normalized spacial score (nSPS) is 12.4. The minimum Gasteiger partial charge on any atom is -0.392 e. The Morgan fingerprint density at radius 3 is 1.94 bits per heavy atom. The Morgan fingerprint density at radius 1 is 1.11 bits per heavy atom. The predicted octanol–water partition coefficient (Wildman–Crippen LogP) is 2.07. The molecule has 0 saturated carbocycles. The molecule has 0 spiro atoms. The van der Waals surface area contributed by atoms with Crippen LogP contribution in [-0.2, 0) is 16.6 Å². The SMILES string of the molecule is CC(C)c1cc(S(N)(=O)=O)c(C(C)C)cc1CO. The van der Waals surface area contributed by atoms with Crippen LogP contribution in [0.25, 0.3) is 0 Å². The Hall–Kier alpha value is -0.910. The highest BCUT2D eigenvalue weighted by molar-refractivity contribution is 7.89. The molecule has 0 amide bonds. The second-order valence-corrected chi connectivity index (χ2v) is 6.63. The maximum atomic E-state index is 11.6. The average molecular weight is 271 g/mol. The number of rotatable bonds is 4. The van der Waals surface area contributed by atoms with Gasteiger partial charge in [-0.25, -0.2) is 13.6 Å². The number of hydrogen-bond acceptors (Lipinski definition) is 3. The van der Waals surface area contributed by atoms with Gasteiger partial charge in [-0.3, -0.25) is 0 Å². The highest BCUT2D eigenvalue weighted by Gasteiger charge is 2.20. The standard InChI is InChI=1S/C13H21NO3S/c1-8(2)11-6-13(18(14,16)17)12(9(3)4)5-10(11)7-15/h5-6,8-9,15H,7H2,1-4H3,(H2,14,16,17). The third-order valence-corrected chi connectivity index (χ3v) is 3.96. The molecule has 18 heavy (non-hydrogen) atoms. The Kier molecular flexibility index (Phi) is 4.53. The fourth-order valence-electron chi connectivity index (χ4n) is 2.03. The third kappa shape index (κ3) is 3.10. The molecular formula is C13H21NO3S. The van der Waals surface area contributed by atoms with Gasteiger partial charge >= 0.3 is 0 Å². The fraction of sp³-hybridized carbons (Fsp3) is 0.538. The molecular weight excluding hydrogens is 250 g/mol. The molecule has 0 aliphatic carbocycles. The summed E-state index contributed by atoms with van der Waals surface area (Å²) in [5.74, 6) is 0.165. The lowest BCUT2D eigenvalue weighted by Crippen LogP contribution is -2.16. The van der Waals surface area contributed by atoms with Crippen molar-refractivity contribution < 1.29 is 13.5 Å². The van der Waals surface area contributed by atoms with Crippen LogP contribution < -0.4 is 5.14 Å². The van der Waals surface area contributed by atoms with Gasteiger partial charge in [0.2, 0.25) is 10.0 Å². The zero-order chi connectivity index (χ0) is 14.1. The molecule has 1 rings (SSSR count). The van der Waals surface area contributed by atoms with Crippen molar-refractivity contribution in [2.45, 2.75) is 51.0 Å². The summed E-state index contributed by atoms with van der Waals surface area (Å²) in [7, 11) is -3.74. The molecule has 0 aliphatic rings. The van der Waals surface area contributed by atoms with Crippen molar-refractivity contribution in [1.29, 1.82) is 0 Å². The van der Waals surface area contributed by atoms with Gasteiger partial charge in [-0.1, -0.05) is 33.8 Å². The van der Waals surface area contributed by atoms with E-state index in [1.165, 1.54) is 0 Å². The lowest BCUT2D eigenvalue weighted by molar-refractivity contribution is 0.280. The molecule has 0 aromatic heterocycles. The summed E-state index contributed by atoms with van der Waals surface area (Å²) in [6, 6.07) is 3.35. The quantitative estimate of drug-likeness (QED) is 0.879. The molecule has 0 unspecified atom stereocenters. The molecule has 3 N–H and O–H groups in total. The monoisotopic (exact) mass is 271 g/mol. The van der Waals surface area contributed by atoms with E-state index in [9.17, 15) is 13.5 Å². The summed E-state index contributed by atoms with van der Waals surface area (Å²) in [6.45, 7) is 7.62. The number of benzene rings is 1. The van der Waals surface area contributed by atoms with Gasteiger partial charge < -0.3 is 5.11 Å². The van der Waals surface area contributed by atoms with Crippen molar-refractivity contribution in [2.75, 3.05) is 0 Å². The van der Waals surface area contributed by atoms with Crippen LogP contribution in [-0.4, -0.2) is 13.5 Å². The van der Waals surface area contributed by atoms with Gasteiger partial charge in [-0.05, 0) is 34.6 Å². The molecule has 0 bridgehead atoms. The molecule has 102 valence electrons. The van der Waals surface area contributed by atoms with E-state index in [0.29, 0.717) is 5.56 Å². The van der Waals surface area contributed by atoms with Crippen molar-refractivity contribution in [3.63, 3.8) is 0 Å². The maximum absolute atomic E-state index is 11.6. The highest BCUT2D eigenvalue weighted by Crippen LogP contribution is 2.30. The number of nitrogens with two attached hydrogens (primary N) is 1. The van der Waals surface area contributed by atoms with Crippen LogP contribution in [0.1, 0.15) is 56.2 Å². The molecule has 0 fully saturated rings. The predicted molar refractivity (Wildman–Crippen MR) is 71.9 cm³/mol. The highest BCUT2D eigenvalue weighted by atomic mass is 32.2. The minimum absolute atomic E-state index is 0.0323. The lowest BCUT2D eigenvalue weighted by Gasteiger charge is -2.18. The van der Waals surface area contributed by atoms with E-state index in [4.69, 9.17) is 5.14 Å². The summed E-state index contributed by atoms with van der Waals surface area (Å²) >= 11 is 0. The second kappa shape index (κ2) is 5.38. The first kappa shape index (κ1) is 15.1. The summed E-state index contributed by atoms with van der Waals surface area (Å²) < 4.78 is 23.3. The van der Waals surface area contributed by atoms with E-state index in [-0.39, 0.29) is 23.3 Å². The molecule has 1 aromatic rings. The average Bonchev–Trinajstić information content (AvgIpc) is 2.25. The number of primary sulfonamides is 1. The summed E-state index contributed by atoms with van der Waals surface area (Å²) in [6.07, 6.45) is 0. The smallest absolute Gasteiger partial charge is 0.238 e. The Morgan fingerprint density at radius 2 is 1.61 bits per heavy atom. The van der Waals surface area contributed by atoms with Crippen molar-refractivity contribution in [2.24, 2.45) is 5.14 Å². The zero-order valence-electron chi connectivity index (χ0n) is 11.3. The fourth-order valence-corrected chi connectivity index (χ4v) is 2.95. The van der Waals surface area contributed by atoms with E-state index >= 15 is 0 Å². The molecule has 1 aromatic carbocycles. The first-order chi connectivity index (χ1) is 8.18. The molecule has 5 heteroatoms. The summed E-state index contributed by atoms with van der Waals surface area (Å²) in [5, 5.41) is 14.7. The van der Waals surface area contributed by atoms with Gasteiger partial charge in [0, 0.05) is 0 Å². The van der Waals surface area contributed by atoms with Gasteiger partial charge in [0.25, 0.3) is 0 Å². The largest absolute Gasteiger partial charge is 0.392 e. The number of sulfonamides is 1. The minimum atomic E-state index is -3.74. The Labute approximate surface area is 109 Å². The lowest BCUT2D eigenvalue weighted by atomic mass is 9.92. The van der Waals surface area contributed by atoms with E-state index in [1.807, 2.05) is 27.7 Å². The maximum Gasteiger partial charge on any atom is 0.238 e. The number of aliphatic hydroxyl groups is 1. The van der Waals surface area contributed by atoms with Crippen molar-refractivity contribution in [3.8, 4) is 0 Å². The first-order valence-electron chi connectivity index (χ1n) is 5.98. The molecule has 0 saturated heterocycles. The van der Waals surface area contributed by atoms with Gasteiger partial charge in [0.15, 0.2) is 0 Å². The molecule has 0 aliphatic heterocycles. The van der Waals surface area contributed by atoms with Gasteiger partial charge in [0.1, 0.15) is 0 Å². The molecule has 0 atom stereocenters. The molecule has 0 radical (unpaired) electrons. The number of aliphatic hydroxyl groups excluding tert-OH is 1. The van der Waals surface area contributed by atoms with Crippen molar-refractivity contribution in [3.05, 3.63) is 28.8 Å². The van der Waals surface area contributed by atoms with Crippen molar-refractivity contribution in [1.82, 2.24) is 0 Å². The van der Waals surface area contributed by atoms with Gasteiger partial charge in [0.05, 0.1) is 11.5 Å². The van der Waals surface area contributed by atoms with Crippen LogP contribution in [0.15, 0.2) is 17.0 Å². The van der Waals surface area contributed by atoms with E-state index in [0.717, 1.165) is 11.1 Å². The van der Waals surface area contributed by atoms with E-state index < -0.39 is 10.0 Å². The van der Waals surface area contributed by atoms with Crippen LogP contribution in [0.2, 0.25) is 0 Å². The van der Waals surface area contributed by atoms with Crippen LogP contribution in [0.4, 0.5) is 0 Å². The van der Waals surface area contributed by atoms with Crippen LogP contribution in [0, 0.1) is 0 Å². The molecule has 0 heterocycles. The Balaban J connectivity index is 3.64. The Bertz CT molecular complexity index is 533. The zero-order valence-corrected chi connectivity index (χ0v) is 12.1. The molecule has 4 nitrogen and oxygen atoms in total. The first-order valence-corrected chi connectivity index (χ1v) is 7.53. The summed E-state index contributed by atoms with van der Waals surface area (Å²) in [4.78, 5) is 0.165. The summed E-state index contributed by atoms with van der Waals surface area (Å²) in [5.41, 5.74) is 2.25. The van der Waals surface area contributed by atoms with Crippen LogP contribution in [0.5, 0.6) is 0 Å². The topological polar surface area (TPSA) is 80.4 Å². The van der Waals surface area contributed by atoms with E-state index in [1.54, 1.807) is 12.1 Å². The van der Waals surface area contributed by atoms with Crippen LogP contribution >= 0.6 is 0 Å². The van der Waals surface area contributed by atoms with Crippen molar-refractivity contribution >= 4 is 10.0 Å².